The minimum atomic E-state index is -0.942. The number of likely N-dealkylation sites (tertiary alicyclic amines) is 1. The zero-order valence-electron chi connectivity index (χ0n) is 12.8. The van der Waals surface area contributed by atoms with Crippen LogP contribution in [0.4, 0.5) is 5.69 Å². The summed E-state index contributed by atoms with van der Waals surface area (Å²) in [6, 6.07) is 6.91. The number of hydrogen-bond donors (Lipinski definition) is 2. The number of hydrogen-bond acceptors (Lipinski definition) is 3. The second-order valence-corrected chi connectivity index (χ2v) is 6.17. The molecule has 0 aromatic heterocycles. The van der Waals surface area contributed by atoms with Crippen molar-refractivity contribution in [2.75, 3.05) is 18.4 Å². The molecule has 2 aliphatic rings. The second-order valence-electron chi connectivity index (χ2n) is 6.17. The van der Waals surface area contributed by atoms with Gasteiger partial charge in [0.05, 0.1) is 23.1 Å². The summed E-state index contributed by atoms with van der Waals surface area (Å²) in [7, 11) is 0. The molecule has 1 aromatic carbocycles. The number of nitrogens with one attached hydrogen (secondary N) is 1. The van der Waals surface area contributed by atoms with Crippen LogP contribution < -0.4 is 5.32 Å². The van der Waals surface area contributed by atoms with Crippen molar-refractivity contribution in [3.8, 4) is 0 Å². The lowest BCUT2D eigenvalue weighted by atomic mass is 10.1. The van der Waals surface area contributed by atoms with Gasteiger partial charge in [0.2, 0.25) is 5.91 Å². The number of amides is 2. The fourth-order valence-electron chi connectivity index (χ4n) is 3.03. The molecule has 1 saturated carbocycles. The first-order chi connectivity index (χ1) is 11.1. The number of para-hydroxylation sites is 1. The van der Waals surface area contributed by atoms with Gasteiger partial charge in [-0.15, -0.1) is 0 Å². The highest BCUT2D eigenvalue weighted by Gasteiger charge is 2.48. The van der Waals surface area contributed by atoms with E-state index >= 15 is 0 Å². The van der Waals surface area contributed by atoms with Crippen LogP contribution >= 0.6 is 0 Å². The van der Waals surface area contributed by atoms with Crippen molar-refractivity contribution in [3.63, 3.8) is 0 Å². The molecule has 0 radical (unpaired) electrons. The molecule has 1 aromatic rings. The Labute approximate surface area is 134 Å². The third kappa shape index (κ3) is 3.36. The van der Waals surface area contributed by atoms with E-state index in [1.165, 1.54) is 0 Å². The molecule has 2 atom stereocenters. The summed E-state index contributed by atoms with van der Waals surface area (Å²) in [5.41, 5.74) is 0.930. The number of carbonyl (C=O) groups excluding carboxylic acids is 2. The Morgan fingerprint density at radius 3 is 2.39 bits per heavy atom. The van der Waals surface area contributed by atoms with Crippen molar-refractivity contribution < 1.29 is 19.5 Å². The predicted octanol–water partition coefficient (Wildman–Crippen LogP) is 1.97. The number of carboxylic acids is 1. The van der Waals surface area contributed by atoms with Gasteiger partial charge in [-0.1, -0.05) is 12.1 Å². The average molecular weight is 316 g/mol. The molecule has 2 unspecified atom stereocenters. The molecular weight excluding hydrogens is 296 g/mol. The molecule has 1 heterocycles. The maximum atomic E-state index is 12.6. The van der Waals surface area contributed by atoms with Gasteiger partial charge in [-0.3, -0.25) is 14.4 Å². The maximum absolute atomic E-state index is 12.6. The quantitative estimate of drug-likeness (QED) is 0.889. The van der Waals surface area contributed by atoms with Crippen LogP contribution in [0.5, 0.6) is 0 Å². The highest BCUT2D eigenvalue weighted by atomic mass is 16.4. The summed E-state index contributed by atoms with van der Waals surface area (Å²) in [5, 5.41) is 11.6. The van der Waals surface area contributed by atoms with Gasteiger partial charge in [-0.05, 0) is 37.8 Å². The molecule has 2 N–H and O–H groups in total. The first kappa shape index (κ1) is 15.5. The normalized spacial score (nSPS) is 23.2. The van der Waals surface area contributed by atoms with Crippen molar-refractivity contribution in [3.05, 3.63) is 29.8 Å². The number of benzene rings is 1. The summed E-state index contributed by atoms with van der Waals surface area (Å²) in [4.78, 5) is 37.5. The number of anilines is 1. The first-order valence-electron chi connectivity index (χ1n) is 8.00. The Hall–Kier alpha value is -2.37. The van der Waals surface area contributed by atoms with E-state index in [1.807, 2.05) is 4.90 Å². The fraction of sp³-hybridized carbons (Fsp3) is 0.471. The molecule has 2 amide bonds. The van der Waals surface area contributed by atoms with Gasteiger partial charge in [0.15, 0.2) is 0 Å². The molecule has 122 valence electrons. The lowest BCUT2D eigenvalue weighted by Crippen LogP contribution is -2.36. The van der Waals surface area contributed by atoms with Gasteiger partial charge in [0.25, 0.3) is 5.91 Å². The Morgan fingerprint density at radius 1 is 1.04 bits per heavy atom. The molecule has 0 bridgehead atoms. The summed E-state index contributed by atoms with van der Waals surface area (Å²) in [6.07, 6.45) is 3.51. The third-order valence-corrected chi connectivity index (χ3v) is 4.50. The van der Waals surface area contributed by atoms with E-state index in [1.54, 1.807) is 24.3 Å². The standard InChI is InChI=1S/C17H20N2O4/c20-15(12-10-13(12)17(22)23)18-14-7-3-2-6-11(14)16(21)19-8-4-1-5-9-19/h2-3,6-7,12-13H,1,4-5,8-10H2,(H,18,20)(H,22,23). The van der Waals surface area contributed by atoms with E-state index in [2.05, 4.69) is 5.32 Å². The minimum Gasteiger partial charge on any atom is -0.481 e. The van der Waals surface area contributed by atoms with Crippen molar-refractivity contribution in [2.24, 2.45) is 11.8 Å². The second kappa shape index (κ2) is 6.40. The van der Waals surface area contributed by atoms with E-state index in [0.717, 1.165) is 32.4 Å². The molecule has 3 rings (SSSR count). The van der Waals surface area contributed by atoms with Crippen LogP contribution in [0.15, 0.2) is 24.3 Å². The maximum Gasteiger partial charge on any atom is 0.307 e. The van der Waals surface area contributed by atoms with Gasteiger partial charge in [-0.2, -0.15) is 0 Å². The zero-order valence-corrected chi connectivity index (χ0v) is 12.8. The van der Waals surface area contributed by atoms with Crippen LogP contribution in [0, 0.1) is 11.8 Å². The molecule has 6 nitrogen and oxygen atoms in total. The number of piperidine rings is 1. The minimum absolute atomic E-state index is 0.0776. The highest BCUT2D eigenvalue weighted by molar-refractivity contribution is 6.05. The van der Waals surface area contributed by atoms with Gasteiger partial charge >= 0.3 is 5.97 Å². The number of aliphatic carboxylic acids is 1. The Morgan fingerprint density at radius 2 is 1.74 bits per heavy atom. The van der Waals surface area contributed by atoms with E-state index in [-0.39, 0.29) is 11.8 Å². The first-order valence-corrected chi connectivity index (χ1v) is 8.00. The van der Waals surface area contributed by atoms with E-state index in [9.17, 15) is 14.4 Å². The molecule has 1 saturated heterocycles. The van der Waals surface area contributed by atoms with Crippen LogP contribution in [-0.4, -0.2) is 40.9 Å². The fourth-order valence-corrected chi connectivity index (χ4v) is 3.03. The Balaban J connectivity index is 1.72. The average Bonchev–Trinajstić information content (AvgIpc) is 3.36. The SMILES string of the molecule is O=C(O)C1CC1C(=O)Nc1ccccc1C(=O)N1CCCCC1. The lowest BCUT2D eigenvalue weighted by Gasteiger charge is -2.27. The summed E-state index contributed by atoms with van der Waals surface area (Å²) in [5.74, 6) is -2.43. The van der Waals surface area contributed by atoms with Crippen LogP contribution in [-0.2, 0) is 9.59 Å². The molecule has 0 spiro atoms. The van der Waals surface area contributed by atoms with Gasteiger partial charge in [0.1, 0.15) is 0 Å². The van der Waals surface area contributed by atoms with E-state index < -0.39 is 17.8 Å². The number of carbonyl (C=O) groups is 3. The Bertz CT molecular complexity index is 637. The number of nitrogens with zero attached hydrogens (tertiary/aromatic N) is 1. The smallest absolute Gasteiger partial charge is 0.307 e. The molecule has 1 aliphatic heterocycles. The number of carboxylic acid groups (broad SMARTS) is 1. The molecule has 2 fully saturated rings. The van der Waals surface area contributed by atoms with Crippen molar-refractivity contribution in [1.29, 1.82) is 0 Å². The summed E-state index contributed by atoms with van der Waals surface area (Å²) in [6.45, 7) is 1.48. The zero-order chi connectivity index (χ0) is 16.4. The van der Waals surface area contributed by atoms with Crippen molar-refractivity contribution >= 4 is 23.5 Å². The molecule has 23 heavy (non-hydrogen) atoms. The lowest BCUT2D eigenvalue weighted by molar-refractivity contribution is -0.139. The Kier molecular flexibility index (Phi) is 4.32. The molecule has 1 aliphatic carbocycles. The van der Waals surface area contributed by atoms with Crippen LogP contribution in [0.1, 0.15) is 36.0 Å². The van der Waals surface area contributed by atoms with Crippen LogP contribution in [0.3, 0.4) is 0 Å². The van der Waals surface area contributed by atoms with E-state index in [4.69, 9.17) is 5.11 Å². The van der Waals surface area contributed by atoms with Crippen molar-refractivity contribution in [2.45, 2.75) is 25.7 Å². The molecule has 6 heteroatoms. The van der Waals surface area contributed by atoms with E-state index in [0.29, 0.717) is 17.7 Å². The number of rotatable bonds is 4. The highest BCUT2D eigenvalue weighted by Crippen LogP contribution is 2.39. The van der Waals surface area contributed by atoms with Crippen LogP contribution in [0.25, 0.3) is 0 Å². The molecular formula is C17H20N2O4. The van der Waals surface area contributed by atoms with Gasteiger partial charge < -0.3 is 15.3 Å². The topological polar surface area (TPSA) is 86.7 Å². The third-order valence-electron chi connectivity index (χ3n) is 4.50. The van der Waals surface area contributed by atoms with Gasteiger partial charge in [0, 0.05) is 13.1 Å². The summed E-state index contributed by atoms with van der Waals surface area (Å²) >= 11 is 0. The van der Waals surface area contributed by atoms with Crippen molar-refractivity contribution in [1.82, 2.24) is 4.90 Å². The van der Waals surface area contributed by atoms with Gasteiger partial charge in [-0.25, -0.2) is 0 Å². The van der Waals surface area contributed by atoms with Crippen LogP contribution in [0.2, 0.25) is 0 Å². The largest absolute Gasteiger partial charge is 0.481 e. The summed E-state index contributed by atoms with van der Waals surface area (Å²) < 4.78 is 0. The monoisotopic (exact) mass is 316 g/mol. The predicted molar refractivity (Wildman–Crippen MR) is 84.1 cm³/mol.